The van der Waals surface area contributed by atoms with E-state index in [2.05, 4.69) is 32.6 Å². The summed E-state index contributed by atoms with van der Waals surface area (Å²) >= 11 is 0. The molecule has 6 heteroatoms. The number of piperidine rings is 1. The normalized spacial score (nSPS) is 23.3. The molecular formula is C25H46N4O2. The molecular weight excluding hydrogens is 388 g/mol. The average molecular weight is 435 g/mol. The molecule has 0 radical (unpaired) electrons. The standard InChI is InChI=1S/C25H46N4O2/c1-24(2,3)17-22(31)29-15-9-12-21(18-29)16-25(4,27-23(26)28(5)19-30)14-13-20-10-7-6-8-11-20/h19-21H,6-18H2,1-5H3,(H2,26,27)/t21?,25-/m1/s1. The van der Waals surface area contributed by atoms with E-state index in [-0.39, 0.29) is 22.8 Å². The van der Waals surface area contributed by atoms with Crippen molar-refractivity contribution in [3.63, 3.8) is 0 Å². The number of likely N-dealkylation sites (tertiary alicyclic amines) is 1. The number of carbonyl (C=O) groups is 2. The van der Waals surface area contributed by atoms with E-state index in [4.69, 9.17) is 10.7 Å². The maximum atomic E-state index is 12.8. The van der Waals surface area contributed by atoms with E-state index in [9.17, 15) is 9.59 Å². The zero-order chi connectivity index (χ0) is 23.1. The van der Waals surface area contributed by atoms with Crippen LogP contribution in [0.4, 0.5) is 0 Å². The molecule has 0 bridgehead atoms. The van der Waals surface area contributed by atoms with E-state index in [1.54, 1.807) is 7.05 Å². The molecule has 1 aliphatic carbocycles. The van der Waals surface area contributed by atoms with Crippen LogP contribution in [0.1, 0.15) is 98.3 Å². The Morgan fingerprint density at radius 2 is 1.74 bits per heavy atom. The zero-order valence-corrected chi connectivity index (χ0v) is 20.7. The Morgan fingerprint density at radius 1 is 1.10 bits per heavy atom. The summed E-state index contributed by atoms with van der Waals surface area (Å²) in [6, 6.07) is 0. The fourth-order valence-electron chi connectivity index (χ4n) is 5.25. The molecule has 2 atom stereocenters. The number of carbonyl (C=O) groups excluding carboxylic acids is 2. The number of amides is 2. The second kappa shape index (κ2) is 11.3. The highest BCUT2D eigenvalue weighted by molar-refractivity contribution is 5.87. The van der Waals surface area contributed by atoms with Crippen LogP contribution < -0.4 is 5.73 Å². The first-order valence-electron chi connectivity index (χ1n) is 12.3. The summed E-state index contributed by atoms with van der Waals surface area (Å²) in [5, 5.41) is 0. The van der Waals surface area contributed by atoms with Crippen molar-refractivity contribution in [2.75, 3.05) is 20.1 Å². The van der Waals surface area contributed by atoms with E-state index >= 15 is 0 Å². The first-order valence-corrected chi connectivity index (χ1v) is 12.3. The molecule has 0 aromatic heterocycles. The third-order valence-electron chi connectivity index (χ3n) is 7.00. The number of hydrogen-bond donors (Lipinski definition) is 1. The van der Waals surface area contributed by atoms with Crippen LogP contribution in [0.2, 0.25) is 0 Å². The van der Waals surface area contributed by atoms with Gasteiger partial charge in [0.2, 0.25) is 12.3 Å². The molecule has 1 saturated heterocycles. The minimum Gasteiger partial charge on any atom is -0.369 e. The molecule has 31 heavy (non-hydrogen) atoms. The van der Waals surface area contributed by atoms with Gasteiger partial charge in [-0.3, -0.25) is 14.5 Å². The number of guanidine groups is 1. The molecule has 0 aromatic rings. The summed E-state index contributed by atoms with van der Waals surface area (Å²) in [5.41, 5.74) is 5.86. The van der Waals surface area contributed by atoms with Crippen molar-refractivity contribution in [2.45, 2.75) is 104 Å². The van der Waals surface area contributed by atoms with Gasteiger partial charge < -0.3 is 10.6 Å². The first-order chi connectivity index (χ1) is 14.5. The quantitative estimate of drug-likeness (QED) is 0.345. The molecule has 178 valence electrons. The number of hydrogen-bond acceptors (Lipinski definition) is 3. The minimum absolute atomic E-state index is 0.0106. The van der Waals surface area contributed by atoms with E-state index in [0.717, 1.165) is 51.1 Å². The van der Waals surface area contributed by atoms with E-state index < -0.39 is 0 Å². The Bertz CT molecular complexity index is 622. The van der Waals surface area contributed by atoms with Crippen molar-refractivity contribution in [1.29, 1.82) is 0 Å². The van der Waals surface area contributed by atoms with Gasteiger partial charge in [0.15, 0.2) is 5.96 Å². The van der Waals surface area contributed by atoms with Crippen LogP contribution in [-0.2, 0) is 9.59 Å². The Kier molecular flexibility index (Phi) is 9.38. The van der Waals surface area contributed by atoms with Crippen molar-refractivity contribution in [1.82, 2.24) is 9.80 Å². The van der Waals surface area contributed by atoms with Gasteiger partial charge in [-0.2, -0.15) is 0 Å². The van der Waals surface area contributed by atoms with Gasteiger partial charge in [-0.1, -0.05) is 52.9 Å². The molecule has 1 heterocycles. The SMILES string of the molecule is CN(C=O)C(N)=N[C@](C)(CCC1CCCCC1)CC1CCCN(C(=O)CC(C)(C)C)C1. The lowest BCUT2D eigenvalue weighted by Gasteiger charge is -2.38. The van der Waals surface area contributed by atoms with E-state index in [1.165, 1.54) is 37.0 Å². The third-order valence-corrected chi connectivity index (χ3v) is 7.00. The Hall–Kier alpha value is -1.59. The fourth-order valence-corrected chi connectivity index (χ4v) is 5.25. The van der Waals surface area contributed by atoms with Crippen LogP contribution in [0.3, 0.4) is 0 Å². The number of rotatable bonds is 8. The number of aliphatic imine (C=N–C) groups is 1. The van der Waals surface area contributed by atoms with E-state index in [0.29, 0.717) is 18.7 Å². The molecule has 1 saturated carbocycles. The molecule has 2 fully saturated rings. The van der Waals surface area contributed by atoms with Gasteiger partial charge in [0.05, 0.1) is 5.54 Å². The lowest BCUT2D eigenvalue weighted by atomic mass is 9.78. The van der Waals surface area contributed by atoms with E-state index in [1.807, 2.05) is 0 Å². The molecule has 2 N–H and O–H groups in total. The van der Waals surface area contributed by atoms with Gasteiger partial charge in [0.1, 0.15) is 0 Å². The highest BCUT2D eigenvalue weighted by Crippen LogP contribution is 2.36. The van der Waals surface area contributed by atoms with Crippen LogP contribution in [0, 0.1) is 17.3 Å². The van der Waals surface area contributed by atoms with Crippen molar-refractivity contribution >= 4 is 18.3 Å². The maximum absolute atomic E-state index is 12.8. The van der Waals surface area contributed by atoms with Gasteiger partial charge in [-0.25, -0.2) is 4.99 Å². The predicted octanol–water partition coefficient (Wildman–Crippen LogP) is 4.57. The zero-order valence-electron chi connectivity index (χ0n) is 20.7. The molecule has 0 spiro atoms. The van der Waals surface area contributed by atoms with Crippen molar-refractivity contribution in [3.8, 4) is 0 Å². The Morgan fingerprint density at radius 3 is 2.35 bits per heavy atom. The summed E-state index contributed by atoms with van der Waals surface area (Å²) in [5.74, 6) is 1.76. The number of nitrogens with zero attached hydrogens (tertiary/aromatic N) is 3. The van der Waals surface area contributed by atoms with Crippen LogP contribution in [0.15, 0.2) is 4.99 Å². The predicted molar refractivity (Wildman–Crippen MR) is 128 cm³/mol. The fraction of sp³-hybridized carbons (Fsp3) is 0.880. The van der Waals surface area contributed by atoms with Gasteiger partial charge in [0, 0.05) is 26.6 Å². The largest absolute Gasteiger partial charge is 0.369 e. The first kappa shape index (κ1) is 25.7. The van der Waals surface area contributed by atoms with Crippen LogP contribution in [0.5, 0.6) is 0 Å². The third kappa shape index (κ3) is 8.82. The second-order valence-electron chi connectivity index (χ2n) is 11.5. The summed E-state index contributed by atoms with van der Waals surface area (Å²) in [6.45, 7) is 10.2. The molecule has 1 aliphatic heterocycles. The van der Waals surface area contributed by atoms with Crippen molar-refractivity contribution < 1.29 is 9.59 Å². The summed E-state index contributed by atoms with van der Waals surface area (Å²) in [6.07, 6.45) is 13.2. The molecule has 2 aliphatic rings. The monoisotopic (exact) mass is 434 g/mol. The minimum atomic E-state index is -0.306. The lowest BCUT2D eigenvalue weighted by molar-refractivity contribution is -0.135. The second-order valence-corrected chi connectivity index (χ2v) is 11.5. The van der Waals surface area contributed by atoms with Gasteiger partial charge in [-0.15, -0.1) is 0 Å². The highest BCUT2D eigenvalue weighted by atomic mass is 16.2. The molecule has 0 aromatic carbocycles. The molecule has 2 rings (SSSR count). The summed E-state index contributed by atoms with van der Waals surface area (Å²) in [4.78, 5) is 32.3. The lowest BCUT2D eigenvalue weighted by Crippen LogP contribution is -2.44. The van der Waals surface area contributed by atoms with Gasteiger partial charge in [-0.05, 0) is 56.3 Å². The topological polar surface area (TPSA) is 79.0 Å². The maximum Gasteiger partial charge on any atom is 0.223 e. The van der Waals surface area contributed by atoms with Crippen LogP contribution in [-0.4, -0.2) is 53.8 Å². The summed E-state index contributed by atoms with van der Waals surface area (Å²) < 4.78 is 0. The smallest absolute Gasteiger partial charge is 0.223 e. The Balaban J connectivity index is 2.07. The van der Waals surface area contributed by atoms with Crippen molar-refractivity contribution in [2.24, 2.45) is 28.0 Å². The molecule has 1 unspecified atom stereocenters. The highest BCUT2D eigenvalue weighted by Gasteiger charge is 2.33. The average Bonchev–Trinajstić information content (AvgIpc) is 2.71. The van der Waals surface area contributed by atoms with Gasteiger partial charge >= 0.3 is 0 Å². The molecule has 2 amide bonds. The number of nitrogens with two attached hydrogens (primary N) is 1. The molecule has 6 nitrogen and oxygen atoms in total. The van der Waals surface area contributed by atoms with Crippen LogP contribution in [0.25, 0.3) is 0 Å². The Labute approximate surface area is 190 Å². The van der Waals surface area contributed by atoms with Gasteiger partial charge in [0.25, 0.3) is 0 Å². The van der Waals surface area contributed by atoms with Crippen LogP contribution >= 0.6 is 0 Å². The summed E-state index contributed by atoms with van der Waals surface area (Å²) in [7, 11) is 1.65. The van der Waals surface area contributed by atoms with Crippen molar-refractivity contribution in [3.05, 3.63) is 0 Å².